The first kappa shape index (κ1) is 19.4. The van der Waals surface area contributed by atoms with E-state index in [1.54, 1.807) is 31.3 Å². The number of nitrogens with zero attached hydrogens (tertiary/aromatic N) is 4. The second-order valence-corrected chi connectivity index (χ2v) is 7.87. The van der Waals surface area contributed by atoms with E-state index < -0.39 is 0 Å². The van der Waals surface area contributed by atoms with Crippen molar-refractivity contribution in [3.8, 4) is 34.3 Å². The zero-order valence-corrected chi connectivity index (χ0v) is 17.7. The summed E-state index contributed by atoms with van der Waals surface area (Å²) in [6.07, 6.45) is 3.42. The molecule has 7 nitrogen and oxygen atoms in total. The Hall–Kier alpha value is -3.52. The Kier molecular flexibility index (Phi) is 5.45. The van der Waals surface area contributed by atoms with Gasteiger partial charge in [0.1, 0.15) is 18.5 Å². The molecule has 0 radical (unpaired) electrons. The fourth-order valence-corrected chi connectivity index (χ4v) is 4.25. The van der Waals surface area contributed by atoms with Crippen LogP contribution in [0, 0.1) is 0 Å². The highest BCUT2D eigenvalue weighted by molar-refractivity contribution is 7.99. The van der Waals surface area contributed by atoms with Crippen molar-refractivity contribution in [1.29, 1.82) is 0 Å². The van der Waals surface area contributed by atoms with E-state index in [1.165, 1.54) is 0 Å². The SMILES string of the molecule is COc1ccc(-n2c(SCC3COc4ccccc4O3)nnc2-c2ccncc2)cc1. The topological polar surface area (TPSA) is 71.3 Å². The molecule has 0 saturated heterocycles. The molecule has 0 N–H and O–H groups in total. The Bertz CT molecular complexity index is 1170. The molecule has 0 aliphatic carbocycles. The van der Waals surface area contributed by atoms with Gasteiger partial charge in [0.15, 0.2) is 22.5 Å². The third kappa shape index (κ3) is 4.06. The molecule has 8 heteroatoms. The summed E-state index contributed by atoms with van der Waals surface area (Å²) in [5.74, 6) is 3.78. The van der Waals surface area contributed by atoms with Crippen molar-refractivity contribution in [2.24, 2.45) is 0 Å². The molecule has 1 unspecified atom stereocenters. The van der Waals surface area contributed by atoms with Crippen molar-refractivity contribution in [3.63, 3.8) is 0 Å². The van der Waals surface area contributed by atoms with E-state index in [1.807, 2.05) is 65.2 Å². The van der Waals surface area contributed by atoms with Crippen molar-refractivity contribution >= 4 is 11.8 Å². The van der Waals surface area contributed by atoms with E-state index in [9.17, 15) is 0 Å². The molecular formula is C23H20N4O3S. The lowest BCUT2D eigenvalue weighted by Crippen LogP contribution is -2.31. The lowest BCUT2D eigenvalue weighted by atomic mass is 10.2. The van der Waals surface area contributed by atoms with Gasteiger partial charge in [0.05, 0.1) is 7.11 Å². The molecule has 1 atom stereocenters. The Morgan fingerprint density at radius 2 is 1.77 bits per heavy atom. The number of pyridine rings is 1. The molecule has 0 fully saturated rings. The minimum atomic E-state index is -0.0784. The minimum absolute atomic E-state index is 0.0784. The number of methoxy groups -OCH3 is 1. The Morgan fingerprint density at radius 1 is 1.00 bits per heavy atom. The summed E-state index contributed by atoms with van der Waals surface area (Å²) in [7, 11) is 1.65. The third-order valence-corrected chi connectivity index (χ3v) is 5.93. The van der Waals surface area contributed by atoms with E-state index in [0.29, 0.717) is 12.4 Å². The number of hydrogen-bond acceptors (Lipinski definition) is 7. The summed E-state index contributed by atoms with van der Waals surface area (Å²) < 4.78 is 19.3. The fourth-order valence-electron chi connectivity index (χ4n) is 3.33. The molecule has 5 rings (SSSR count). The van der Waals surface area contributed by atoms with Gasteiger partial charge in [0, 0.05) is 29.4 Å². The summed E-state index contributed by atoms with van der Waals surface area (Å²) in [6.45, 7) is 0.498. The van der Waals surface area contributed by atoms with Crippen LogP contribution in [0.1, 0.15) is 0 Å². The van der Waals surface area contributed by atoms with Crippen LogP contribution < -0.4 is 14.2 Å². The zero-order valence-electron chi connectivity index (χ0n) is 16.8. The van der Waals surface area contributed by atoms with Crippen molar-refractivity contribution < 1.29 is 14.2 Å². The van der Waals surface area contributed by atoms with Gasteiger partial charge in [0.2, 0.25) is 0 Å². The Balaban J connectivity index is 1.42. The smallest absolute Gasteiger partial charge is 0.196 e. The number of fused-ring (bicyclic) bond motifs is 1. The first-order valence-electron chi connectivity index (χ1n) is 9.83. The predicted molar refractivity (Wildman–Crippen MR) is 118 cm³/mol. The number of ether oxygens (including phenoxy) is 3. The number of thioether (sulfide) groups is 1. The molecule has 0 amide bonds. The molecular weight excluding hydrogens is 412 g/mol. The van der Waals surface area contributed by atoms with Gasteiger partial charge in [0.25, 0.3) is 0 Å². The maximum absolute atomic E-state index is 6.09. The third-order valence-electron chi connectivity index (χ3n) is 4.87. The van der Waals surface area contributed by atoms with Crippen LogP contribution in [0.15, 0.2) is 78.2 Å². The van der Waals surface area contributed by atoms with E-state index in [0.717, 1.165) is 39.5 Å². The highest BCUT2D eigenvalue weighted by Crippen LogP contribution is 2.33. The second-order valence-electron chi connectivity index (χ2n) is 6.88. The van der Waals surface area contributed by atoms with Crippen LogP contribution in [0.3, 0.4) is 0 Å². The number of rotatable bonds is 6. The molecule has 1 aliphatic heterocycles. The van der Waals surface area contributed by atoms with Gasteiger partial charge in [-0.1, -0.05) is 23.9 Å². The van der Waals surface area contributed by atoms with E-state index in [2.05, 4.69) is 15.2 Å². The van der Waals surface area contributed by atoms with Gasteiger partial charge in [-0.15, -0.1) is 10.2 Å². The van der Waals surface area contributed by atoms with Gasteiger partial charge in [-0.2, -0.15) is 0 Å². The van der Waals surface area contributed by atoms with Crippen LogP contribution in [0.4, 0.5) is 0 Å². The van der Waals surface area contributed by atoms with Gasteiger partial charge >= 0.3 is 0 Å². The van der Waals surface area contributed by atoms with Gasteiger partial charge < -0.3 is 14.2 Å². The van der Waals surface area contributed by atoms with Gasteiger partial charge in [-0.25, -0.2) is 0 Å². The zero-order chi connectivity index (χ0) is 21.0. The van der Waals surface area contributed by atoms with Crippen LogP contribution in [0.25, 0.3) is 17.1 Å². The van der Waals surface area contributed by atoms with E-state index in [4.69, 9.17) is 14.2 Å². The summed E-state index contributed by atoms with van der Waals surface area (Å²) in [4.78, 5) is 4.11. The van der Waals surface area contributed by atoms with Crippen LogP contribution >= 0.6 is 11.8 Å². The van der Waals surface area contributed by atoms with Crippen molar-refractivity contribution in [2.75, 3.05) is 19.5 Å². The standard InChI is InChI=1S/C23H20N4O3S/c1-28-18-8-6-17(7-9-18)27-22(16-10-12-24-13-11-16)25-26-23(27)31-15-19-14-29-20-4-2-3-5-21(20)30-19/h2-13,19H,14-15H2,1H3. The fraction of sp³-hybridized carbons (Fsp3) is 0.174. The second kappa shape index (κ2) is 8.69. The van der Waals surface area contributed by atoms with Gasteiger partial charge in [-0.3, -0.25) is 9.55 Å². The molecule has 4 aromatic rings. The molecule has 0 spiro atoms. The normalized spacial score (nSPS) is 14.9. The minimum Gasteiger partial charge on any atom is -0.497 e. The molecule has 0 saturated carbocycles. The monoisotopic (exact) mass is 432 g/mol. The lowest BCUT2D eigenvalue weighted by molar-refractivity contribution is 0.107. The molecule has 2 aromatic heterocycles. The highest BCUT2D eigenvalue weighted by Gasteiger charge is 2.23. The van der Waals surface area contributed by atoms with E-state index in [-0.39, 0.29) is 6.10 Å². The summed E-state index contributed by atoms with van der Waals surface area (Å²) in [5.41, 5.74) is 1.89. The maximum atomic E-state index is 6.09. The molecule has 31 heavy (non-hydrogen) atoms. The quantitative estimate of drug-likeness (QED) is 0.421. The summed E-state index contributed by atoms with van der Waals surface area (Å²) in [6, 6.07) is 19.4. The largest absolute Gasteiger partial charge is 0.497 e. The van der Waals surface area contributed by atoms with Crippen LogP contribution in [-0.4, -0.2) is 45.3 Å². The number of hydrogen-bond donors (Lipinski definition) is 0. The number of para-hydroxylation sites is 2. The Labute approximate surface area is 184 Å². The average Bonchev–Trinajstić information content (AvgIpc) is 3.27. The Morgan fingerprint density at radius 3 is 2.55 bits per heavy atom. The predicted octanol–water partition coefficient (Wildman–Crippen LogP) is 4.27. The van der Waals surface area contributed by atoms with Crippen molar-refractivity contribution in [3.05, 3.63) is 73.1 Å². The molecule has 156 valence electrons. The van der Waals surface area contributed by atoms with Crippen molar-refractivity contribution in [1.82, 2.24) is 19.7 Å². The van der Waals surface area contributed by atoms with Crippen molar-refractivity contribution in [2.45, 2.75) is 11.3 Å². The number of aromatic nitrogens is 4. The summed E-state index contributed by atoms with van der Waals surface area (Å²) >= 11 is 1.59. The molecule has 1 aliphatic rings. The highest BCUT2D eigenvalue weighted by atomic mass is 32.2. The first-order chi connectivity index (χ1) is 15.3. The first-order valence-corrected chi connectivity index (χ1v) is 10.8. The van der Waals surface area contributed by atoms with E-state index >= 15 is 0 Å². The average molecular weight is 433 g/mol. The number of benzene rings is 2. The maximum Gasteiger partial charge on any atom is 0.196 e. The van der Waals surface area contributed by atoms with Crippen LogP contribution in [0.2, 0.25) is 0 Å². The molecule has 3 heterocycles. The molecule has 0 bridgehead atoms. The van der Waals surface area contributed by atoms with Crippen LogP contribution in [0.5, 0.6) is 17.2 Å². The van der Waals surface area contributed by atoms with Crippen LogP contribution in [-0.2, 0) is 0 Å². The molecule has 2 aromatic carbocycles. The lowest BCUT2D eigenvalue weighted by Gasteiger charge is -2.26. The van der Waals surface area contributed by atoms with Gasteiger partial charge in [-0.05, 0) is 48.5 Å². The summed E-state index contributed by atoms with van der Waals surface area (Å²) in [5, 5.41) is 9.71.